The summed E-state index contributed by atoms with van der Waals surface area (Å²) in [5, 5.41) is 0. The van der Waals surface area contributed by atoms with Crippen molar-refractivity contribution in [3.63, 3.8) is 0 Å². The maximum atomic E-state index is 5.21. The molecule has 0 aromatic heterocycles. The van der Waals surface area contributed by atoms with Crippen molar-refractivity contribution >= 4 is 0 Å². The molecule has 2 atom stereocenters. The van der Waals surface area contributed by atoms with Crippen LogP contribution in [0.25, 0.3) is 0 Å². The van der Waals surface area contributed by atoms with Crippen molar-refractivity contribution in [1.29, 1.82) is 0 Å². The molecule has 1 aromatic carbocycles. The lowest BCUT2D eigenvalue weighted by molar-refractivity contribution is 0.279. The molecule has 76 valence electrons. The first kappa shape index (κ1) is 9.57. The fourth-order valence-corrected chi connectivity index (χ4v) is 2.32. The second-order valence-corrected chi connectivity index (χ2v) is 4.38. The average Bonchev–Trinajstić information content (AvgIpc) is 2.18. The summed E-state index contributed by atoms with van der Waals surface area (Å²) in [7, 11) is 1.72. The number of hydrogen-bond donors (Lipinski definition) is 0. The molecule has 0 radical (unpaired) electrons. The maximum Gasteiger partial charge on any atom is 0.119 e. The summed E-state index contributed by atoms with van der Waals surface area (Å²) in [5.41, 5.74) is 2.89. The highest BCUT2D eigenvalue weighted by Crippen LogP contribution is 2.43. The van der Waals surface area contributed by atoms with Crippen molar-refractivity contribution < 1.29 is 4.74 Å². The average molecular weight is 190 g/mol. The molecule has 1 aliphatic carbocycles. The van der Waals surface area contributed by atoms with E-state index in [1.165, 1.54) is 24.0 Å². The predicted octanol–water partition coefficient (Wildman–Crippen LogP) is 3.52. The summed E-state index contributed by atoms with van der Waals surface area (Å²) in [6.45, 7) is 4.53. The van der Waals surface area contributed by atoms with E-state index in [4.69, 9.17) is 4.74 Å². The Labute approximate surface area is 86.1 Å². The van der Waals surface area contributed by atoms with Gasteiger partial charge in [-0.25, -0.2) is 0 Å². The van der Waals surface area contributed by atoms with E-state index in [9.17, 15) is 0 Å². The summed E-state index contributed by atoms with van der Waals surface area (Å²) in [4.78, 5) is 0. The fraction of sp³-hybridized carbons (Fsp3) is 0.538. The molecule has 2 rings (SSSR count). The van der Waals surface area contributed by atoms with Gasteiger partial charge in [0, 0.05) is 0 Å². The lowest BCUT2D eigenvalue weighted by atomic mass is 9.70. The molecule has 1 unspecified atom stereocenters. The first-order valence-corrected chi connectivity index (χ1v) is 5.37. The number of rotatable bonds is 2. The molecule has 0 N–H and O–H groups in total. The Hall–Kier alpha value is -0.980. The molecule has 1 heteroatoms. The van der Waals surface area contributed by atoms with E-state index in [1.54, 1.807) is 7.11 Å². The van der Waals surface area contributed by atoms with Gasteiger partial charge in [-0.1, -0.05) is 13.0 Å². The normalized spacial score (nSPS) is 25.6. The number of benzene rings is 1. The molecule has 0 amide bonds. The van der Waals surface area contributed by atoms with Gasteiger partial charge in [0.15, 0.2) is 0 Å². The van der Waals surface area contributed by atoms with E-state index in [2.05, 4.69) is 32.0 Å². The van der Waals surface area contributed by atoms with Crippen LogP contribution in [0.5, 0.6) is 5.75 Å². The summed E-state index contributed by atoms with van der Waals surface area (Å²) in [5.74, 6) is 2.63. The van der Waals surface area contributed by atoms with Crippen LogP contribution in [0.15, 0.2) is 18.2 Å². The van der Waals surface area contributed by atoms with Gasteiger partial charge in [0.05, 0.1) is 7.11 Å². The van der Waals surface area contributed by atoms with E-state index < -0.39 is 0 Å². The minimum Gasteiger partial charge on any atom is -0.497 e. The molecule has 1 aromatic rings. The Balaban J connectivity index is 2.26. The first-order valence-electron chi connectivity index (χ1n) is 5.37. The first-order chi connectivity index (χ1) is 6.72. The highest BCUT2D eigenvalue weighted by molar-refractivity contribution is 5.38. The number of ether oxygens (including phenoxy) is 1. The zero-order valence-corrected chi connectivity index (χ0v) is 9.21. The second kappa shape index (κ2) is 3.64. The van der Waals surface area contributed by atoms with Gasteiger partial charge in [-0.3, -0.25) is 0 Å². The van der Waals surface area contributed by atoms with Gasteiger partial charge in [0.2, 0.25) is 0 Å². The van der Waals surface area contributed by atoms with E-state index in [1.807, 2.05) is 0 Å². The van der Waals surface area contributed by atoms with Crippen LogP contribution >= 0.6 is 0 Å². The molecule has 0 aliphatic heterocycles. The highest BCUT2D eigenvalue weighted by Gasteiger charge is 2.28. The molecule has 1 fully saturated rings. The number of aryl methyl sites for hydroxylation is 1. The molecule has 0 saturated heterocycles. The Kier molecular flexibility index (Phi) is 2.49. The Bertz CT molecular complexity index is 330. The molecule has 14 heavy (non-hydrogen) atoms. The van der Waals surface area contributed by atoms with Crippen molar-refractivity contribution in [2.24, 2.45) is 5.92 Å². The summed E-state index contributed by atoms with van der Waals surface area (Å²) >= 11 is 0. The third-order valence-electron chi connectivity index (χ3n) is 3.50. The molecule has 0 spiro atoms. The maximum absolute atomic E-state index is 5.21. The standard InChI is InChI=1S/C13H18O/c1-9-4-6-12(9)13-7-5-11(14-3)8-10(13)2/h5,7-9,12H,4,6H2,1-3H3/t9-,12?/m0/s1. The lowest BCUT2D eigenvalue weighted by Crippen LogP contribution is -2.21. The SMILES string of the molecule is COc1ccc(C2CC[C@@H]2C)c(C)c1. The third-order valence-corrected chi connectivity index (χ3v) is 3.50. The largest absolute Gasteiger partial charge is 0.497 e. The van der Waals surface area contributed by atoms with Crippen LogP contribution in [0.1, 0.15) is 36.8 Å². The van der Waals surface area contributed by atoms with Gasteiger partial charge < -0.3 is 4.74 Å². The van der Waals surface area contributed by atoms with Crippen LogP contribution in [0, 0.1) is 12.8 Å². The minimum atomic E-state index is 0.793. The van der Waals surface area contributed by atoms with Crippen LogP contribution in [-0.4, -0.2) is 7.11 Å². The summed E-state index contributed by atoms with van der Waals surface area (Å²) in [6.07, 6.45) is 2.74. The molecular weight excluding hydrogens is 172 g/mol. The van der Waals surface area contributed by atoms with Crippen LogP contribution in [0.2, 0.25) is 0 Å². The lowest BCUT2D eigenvalue weighted by Gasteiger charge is -2.35. The predicted molar refractivity (Wildman–Crippen MR) is 58.9 cm³/mol. The van der Waals surface area contributed by atoms with E-state index in [0.717, 1.165) is 17.6 Å². The van der Waals surface area contributed by atoms with Crippen LogP contribution in [-0.2, 0) is 0 Å². The summed E-state index contributed by atoms with van der Waals surface area (Å²) < 4.78 is 5.21. The van der Waals surface area contributed by atoms with Crippen LogP contribution in [0.4, 0.5) is 0 Å². The number of hydrogen-bond acceptors (Lipinski definition) is 1. The van der Waals surface area contributed by atoms with Gasteiger partial charge in [-0.05, 0) is 54.9 Å². The van der Waals surface area contributed by atoms with Gasteiger partial charge >= 0.3 is 0 Å². The van der Waals surface area contributed by atoms with Crippen molar-refractivity contribution in [2.75, 3.05) is 7.11 Å². The van der Waals surface area contributed by atoms with Crippen LogP contribution in [0.3, 0.4) is 0 Å². The minimum absolute atomic E-state index is 0.793. The molecule has 1 nitrogen and oxygen atoms in total. The monoisotopic (exact) mass is 190 g/mol. The second-order valence-electron chi connectivity index (χ2n) is 4.38. The van der Waals surface area contributed by atoms with Gasteiger partial charge in [0.1, 0.15) is 5.75 Å². The Morgan fingerprint density at radius 3 is 2.50 bits per heavy atom. The summed E-state index contributed by atoms with van der Waals surface area (Å²) in [6, 6.07) is 6.45. The van der Waals surface area contributed by atoms with E-state index >= 15 is 0 Å². The van der Waals surface area contributed by atoms with Crippen molar-refractivity contribution in [2.45, 2.75) is 32.6 Å². The molecule has 1 saturated carbocycles. The Morgan fingerprint density at radius 2 is 2.07 bits per heavy atom. The molecule has 0 bridgehead atoms. The molecular formula is C13H18O. The van der Waals surface area contributed by atoms with Crippen molar-refractivity contribution in [3.8, 4) is 5.75 Å². The highest BCUT2D eigenvalue weighted by atomic mass is 16.5. The van der Waals surface area contributed by atoms with Crippen molar-refractivity contribution in [1.82, 2.24) is 0 Å². The van der Waals surface area contributed by atoms with E-state index in [-0.39, 0.29) is 0 Å². The van der Waals surface area contributed by atoms with E-state index in [0.29, 0.717) is 0 Å². The van der Waals surface area contributed by atoms with Crippen LogP contribution < -0.4 is 4.74 Å². The van der Waals surface area contributed by atoms with Crippen molar-refractivity contribution in [3.05, 3.63) is 29.3 Å². The quantitative estimate of drug-likeness (QED) is 0.693. The zero-order chi connectivity index (χ0) is 10.1. The van der Waals surface area contributed by atoms with Gasteiger partial charge in [-0.2, -0.15) is 0 Å². The fourth-order valence-electron chi connectivity index (χ4n) is 2.32. The smallest absolute Gasteiger partial charge is 0.119 e. The molecule has 1 aliphatic rings. The number of methoxy groups -OCH3 is 1. The van der Waals surface area contributed by atoms with Gasteiger partial charge in [0.25, 0.3) is 0 Å². The third kappa shape index (κ3) is 1.52. The topological polar surface area (TPSA) is 9.23 Å². The Morgan fingerprint density at radius 1 is 1.29 bits per heavy atom. The molecule has 0 heterocycles. The zero-order valence-electron chi connectivity index (χ0n) is 9.21. The van der Waals surface area contributed by atoms with Gasteiger partial charge in [-0.15, -0.1) is 0 Å².